The van der Waals surface area contributed by atoms with Crippen molar-refractivity contribution in [3.05, 3.63) is 58.9 Å². The minimum Gasteiger partial charge on any atom is -0.331 e. The molecule has 96 valence electrons. The van der Waals surface area contributed by atoms with Crippen LogP contribution in [-0.2, 0) is 0 Å². The molecule has 0 fully saturated rings. The van der Waals surface area contributed by atoms with E-state index in [-0.39, 0.29) is 11.9 Å². The number of benzene rings is 1. The maximum atomic E-state index is 13.4. The molecular weight excluding hydrogens is 261 g/mol. The number of imidazole rings is 1. The topological polar surface area (TPSA) is 33.6 Å². The van der Waals surface area contributed by atoms with Gasteiger partial charge in [-0.1, -0.05) is 6.07 Å². The Kier molecular flexibility index (Phi) is 2.91. The van der Waals surface area contributed by atoms with E-state index < -0.39 is 0 Å². The number of hydrogen-bond donors (Lipinski definition) is 1. The summed E-state index contributed by atoms with van der Waals surface area (Å²) < 4.78 is 15.9. The number of H-pyrrole nitrogens is 1. The smallest absolute Gasteiger partial charge is 0.178 e. The number of nitrogens with one attached hydrogen (secondary N) is 1. The fourth-order valence-electron chi connectivity index (χ4n) is 2.23. The van der Waals surface area contributed by atoms with Crippen LogP contribution in [0.5, 0.6) is 0 Å². The molecule has 0 aliphatic rings. The fraction of sp³-hybridized carbons (Fsp3) is 0.143. The number of fused-ring (bicyclic) bond motifs is 1. The number of nitrogens with zero attached hydrogens (tertiary/aromatic N) is 2. The summed E-state index contributed by atoms with van der Waals surface area (Å²) in [5.74, 6) is -0.275. The zero-order chi connectivity index (χ0) is 13.4. The maximum Gasteiger partial charge on any atom is 0.178 e. The van der Waals surface area contributed by atoms with Crippen molar-refractivity contribution < 1.29 is 4.39 Å². The third-order valence-electron chi connectivity index (χ3n) is 3.18. The summed E-state index contributed by atoms with van der Waals surface area (Å²) >= 11 is 5.33. The quantitative estimate of drug-likeness (QED) is 0.720. The first-order valence-corrected chi connectivity index (χ1v) is 6.38. The van der Waals surface area contributed by atoms with Crippen molar-refractivity contribution in [3.63, 3.8) is 0 Å². The van der Waals surface area contributed by atoms with Crippen LogP contribution in [0.2, 0.25) is 0 Å². The molecular formula is C14H12FN3S. The van der Waals surface area contributed by atoms with E-state index >= 15 is 0 Å². The molecule has 3 rings (SSSR count). The van der Waals surface area contributed by atoms with Crippen LogP contribution in [0, 0.1) is 10.6 Å². The van der Waals surface area contributed by atoms with E-state index in [9.17, 15) is 4.39 Å². The minimum atomic E-state index is -0.275. The molecule has 1 atom stereocenters. The van der Waals surface area contributed by atoms with Crippen LogP contribution in [0.1, 0.15) is 18.7 Å². The lowest BCUT2D eigenvalue weighted by molar-refractivity contribution is 0.616. The van der Waals surface area contributed by atoms with E-state index in [0.29, 0.717) is 4.77 Å². The van der Waals surface area contributed by atoms with E-state index in [1.807, 2.05) is 29.7 Å². The van der Waals surface area contributed by atoms with Crippen molar-refractivity contribution in [1.29, 1.82) is 0 Å². The highest BCUT2D eigenvalue weighted by atomic mass is 32.1. The monoisotopic (exact) mass is 273 g/mol. The Balaban J connectivity index is 2.22. The third-order valence-corrected chi connectivity index (χ3v) is 3.48. The van der Waals surface area contributed by atoms with Crippen LogP contribution in [0.4, 0.5) is 4.39 Å². The third kappa shape index (κ3) is 2.06. The van der Waals surface area contributed by atoms with Gasteiger partial charge in [0.15, 0.2) is 4.77 Å². The molecule has 2 aromatic heterocycles. The van der Waals surface area contributed by atoms with Gasteiger partial charge in [-0.25, -0.2) is 4.39 Å². The standard InChI is InChI=1S/C14H12FN3S/c1-9(11-4-2-3-7-16-11)18-13-8-10(15)5-6-12(13)17-14(18)19/h2-9H,1H3,(H,17,19). The minimum absolute atomic E-state index is 0.0516. The predicted molar refractivity (Wildman–Crippen MR) is 75.1 cm³/mol. The van der Waals surface area contributed by atoms with Gasteiger partial charge in [-0.2, -0.15) is 0 Å². The molecule has 5 heteroatoms. The van der Waals surface area contributed by atoms with Gasteiger partial charge in [0.05, 0.1) is 22.8 Å². The molecule has 3 nitrogen and oxygen atoms in total. The van der Waals surface area contributed by atoms with Gasteiger partial charge in [0.25, 0.3) is 0 Å². The van der Waals surface area contributed by atoms with Crippen LogP contribution in [0.3, 0.4) is 0 Å². The molecule has 0 spiro atoms. The van der Waals surface area contributed by atoms with E-state index in [4.69, 9.17) is 12.2 Å². The summed E-state index contributed by atoms with van der Waals surface area (Å²) in [5.41, 5.74) is 2.47. The van der Waals surface area contributed by atoms with Crippen LogP contribution < -0.4 is 0 Å². The van der Waals surface area contributed by atoms with Crippen molar-refractivity contribution in [2.45, 2.75) is 13.0 Å². The van der Waals surface area contributed by atoms with E-state index in [0.717, 1.165) is 16.7 Å². The Bertz CT molecular complexity index is 776. The highest BCUT2D eigenvalue weighted by molar-refractivity contribution is 7.71. The van der Waals surface area contributed by atoms with E-state index in [1.165, 1.54) is 12.1 Å². The SMILES string of the molecule is CC(c1ccccn1)n1c(=S)[nH]c2ccc(F)cc21. The average Bonchev–Trinajstić information content (AvgIpc) is 2.74. The molecule has 1 unspecified atom stereocenters. The molecule has 0 amide bonds. The summed E-state index contributed by atoms with van der Waals surface area (Å²) in [4.78, 5) is 7.42. The summed E-state index contributed by atoms with van der Waals surface area (Å²) in [6, 6.07) is 10.3. The Morgan fingerprint density at radius 3 is 2.89 bits per heavy atom. The highest BCUT2D eigenvalue weighted by Crippen LogP contribution is 2.23. The molecule has 0 radical (unpaired) electrons. The fourth-order valence-corrected chi connectivity index (χ4v) is 2.60. The molecule has 3 aromatic rings. The second kappa shape index (κ2) is 4.59. The van der Waals surface area contributed by atoms with Crippen molar-refractivity contribution in [3.8, 4) is 0 Å². The number of rotatable bonds is 2. The van der Waals surface area contributed by atoms with Gasteiger partial charge in [0, 0.05) is 6.20 Å². The largest absolute Gasteiger partial charge is 0.331 e. The predicted octanol–water partition coefficient (Wildman–Crippen LogP) is 3.84. The molecule has 0 aliphatic carbocycles. The first-order valence-electron chi connectivity index (χ1n) is 5.97. The Morgan fingerprint density at radius 1 is 1.32 bits per heavy atom. The summed E-state index contributed by atoms with van der Waals surface area (Å²) in [5, 5.41) is 0. The van der Waals surface area contributed by atoms with Gasteiger partial charge < -0.3 is 9.55 Å². The molecule has 0 aliphatic heterocycles. The first kappa shape index (κ1) is 12.0. The van der Waals surface area contributed by atoms with Crippen molar-refractivity contribution in [2.75, 3.05) is 0 Å². The maximum absolute atomic E-state index is 13.4. The highest BCUT2D eigenvalue weighted by Gasteiger charge is 2.14. The lowest BCUT2D eigenvalue weighted by Crippen LogP contribution is -2.08. The zero-order valence-electron chi connectivity index (χ0n) is 10.3. The lowest BCUT2D eigenvalue weighted by atomic mass is 10.2. The summed E-state index contributed by atoms with van der Waals surface area (Å²) in [7, 11) is 0. The number of pyridine rings is 1. The molecule has 19 heavy (non-hydrogen) atoms. The molecule has 1 aromatic carbocycles. The number of aromatic nitrogens is 3. The zero-order valence-corrected chi connectivity index (χ0v) is 11.1. The second-order valence-electron chi connectivity index (χ2n) is 4.39. The number of hydrogen-bond acceptors (Lipinski definition) is 2. The van der Waals surface area contributed by atoms with E-state index in [2.05, 4.69) is 9.97 Å². The Labute approximate surface area is 114 Å². The van der Waals surface area contributed by atoms with Gasteiger partial charge in [-0.3, -0.25) is 4.98 Å². The number of halogens is 1. The van der Waals surface area contributed by atoms with Crippen molar-refractivity contribution in [2.24, 2.45) is 0 Å². The van der Waals surface area contributed by atoms with Gasteiger partial charge in [-0.05, 0) is 49.5 Å². The van der Waals surface area contributed by atoms with Crippen molar-refractivity contribution >= 4 is 23.3 Å². The van der Waals surface area contributed by atoms with Crippen LogP contribution in [0.25, 0.3) is 11.0 Å². The number of aromatic amines is 1. The summed E-state index contributed by atoms with van der Waals surface area (Å²) in [6.07, 6.45) is 1.74. The van der Waals surface area contributed by atoms with Crippen molar-refractivity contribution in [1.82, 2.24) is 14.5 Å². The molecule has 0 bridgehead atoms. The van der Waals surface area contributed by atoms with Crippen LogP contribution >= 0.6 is 12.2 Å². The molecule has 0 saturated carbocycles. The Morgan fingerprint density at radius 2 is 2.16 bits per heavy atom. The van der Waals surface area contributed by atoms with Gasteiger partial charge in [0.1, 0.15) is 5.82 Å². The van der Waals surface area contributed by atoms with Crippen LogP contribution in [0.15, 0.2) is 42.6 Å². The Hall–Kier alpha value is -2.01. The van der Waals surface area contributed by atoms with Gasteiger partial charge in [-0.15, -0.1) is 0 Å². The second-order valence-corrected chi connectivity index (χ2v) is 4.78. The molecule has 0 saturated heterocycles. The molecule has 2 heterocycles. The first-order chi connectivity index (χ1) is 9.16. The normalized spacial score (nSPS) is 12.7. The molecule has 1 N–H and O–H groups in total. The average molecular weight is 273 g/mol. The summed E-state index contributed by atoms with van der Waals surface area (Å²) in [6.45, 7) is 2.00. The van der Waals surface area contributed by atoms with E-state index in [1.54, 1.807) is 12.3 Å². The van der Waals surface area contributed by atoms with Crippen LogP contribution in [-0.4, -0.2) is 14.5 Å². The lowest BCUT2D eigenvalue weighted by Gasteiger charge is -2.13. The van der Waals surface area contributed by atoms with Gasteiger partial charge in [0.2, 0.25) is 0 Å². The van der Waals surface area contributed by atoms with Gasteiger partial charge >= 0.3 is 0 Å².